The first-order valence-corrected chi connectivity index (χ1v) is 9.83. The van der Waals surface area contributed by atoms with Crippen molar-refractivity contribution in [2.45, 2.75) is 12.5 Å². The van der Waals surface area contributed by atoms with Crippen molar-refractivity contribution in [2.24, 2.45) is 0 Å². The van der Waals surface area contributed by atoms with Crippen LogP contribution in [0.5, 0.6) is 0 Å². The molecular formula is C24H19N3O3. The number of aromatic amines is 1. The summed E-state index contributed by atoms with van der Waals surface area (Å²) in [6.45, 7) is 0.538. The zero-order chi connectivity index (χ0) is 20.7. The number of amides is 1. The van der Waals surface area contributed by atoms with Gasteiger partial charge in [-0.2, -0.15) is 0 Å². The molecule has 1 aliphatic heterocycles. The maximum Gasteiger partial charge on any atom is 0.269 e. The van der Waals surface area contributed by atoms with Crippen LogP contribution in [0.4, 0.5) is 5.69 Å². The van der Waals surface area contributed by atoms with Crippen LogP contribution in [0.3, 0.4) is 0 Å². The highest BCUT2D eigenvalue weighted by molar-refractivity contribution is 5.95. The lowest BCUT2D eigenvalue weighted by Crippen LogP contribution is -2.40. The molecule has 1 amide bonds. The number of para-hydroxylation sites is 1. The number of nitro groups is 1. The maximum atomic E-state index is 13.4. The van der Waals surface area contributed by atoms with E-state index in [4.69, 9.17) is 0 Å². The van der Waals surface area contributed by atoms with E-state index in [2.05, 4.69) is 11.1 Å². The van der Waals surface area contributed by atoms with Gasteiger partial charge in [0.15, 0.2) is 0 Å². The van der Waals surface area contributed by atoms with Crippen molar-refractivity contribution < 1.29 is 9.72 Å². The van der Waals surface area contributed by atoms with Crippen LogP contribution < -0.4 is 0 Å². The second kappa shape index (κ2) is 7.15. The molecule has 0 aliphatic carbocycles. The van der Waals surface area contributed by atoms with Gasteiger partial charge in [0, 0.05) is 40.8 Å². The molecule has 3 aromatic carbocycles. The van der Waals surface area contributed by atoms with Crippen LogP contribution in [0.25, 0.3) is 10.9 Å². The summed E-state index contributed by atoms with van der Waals surface area (Å²) in [6.07, 6.45) is 0.726. The molecule has 0 spiro atoms. The van der Waals surface area contributed by atoms with E-state index >= 15 is 0 Å². The van der Waals surface area contributed by atoms with E-state index in [1.165, 1.54) is 11.6 Å². The number of hydrogen-bond acceptors (Lipinski definition) is 3. The summed E-state index contributed by atoms with van der Waals surface area (Å²) >= 11 is 0. The van der Waals surface area contributed by atoms with Crippen molar-refractivity contribution in [3.05, 3.63) is 111 Å². The minimum absolute atomic E-state index is 0.0165. The zero-order valence-electron chi connectivity index (χ0n) is 16.1. The van der Waals surface area contributed by atoms with E-state index in [1.54, 1.807) is 24.3 Å². The number of non-ortho nitro benzene ring substituents is 1. The van der Waals surface area contributed by atoms with Crippen molar-refractivity contribution >= 4 is 22.5 Å². The van der Waals surface area contributed by atoms with Crippen molar-refractivity contribution in [2.75, 3.05) is 6.54 Å². The molecule has 1 unspecified atom stereocenters. The molecule has 5 rings (SSSR count). The summed E-state index contributed by atoms with van der Waals surface area (Å²) in [5.41, 5.74) is 4.44. The number of aromatic nitrogens is 1. The fourth-order valence-electron chi connectivity index (χ4n) is 4.36. The van der Waals surface area contributed by atoms with E-state index in [0.29, 0.717) is 12.1 Å². The predicted molar refractivity (Wildman–Crippen MR) is 114 cm³/mol. The predicted octanol–water partition coefficient (Wildman–Crippen LogP) is 4.86. The lowest BCUT2D eigenvalue weighted by molar-refractivity contribution is -0.384. The molecule has 0 saturated heterocycles. The number of nitrogens with one attached hydrogen (secondary N) is 1. The molecule has 0 fully saturated rings. The summed E-state index contributed by atoms with van der Waals surface area (Å²) in [5.74, 6) is -0.0867. The molecule has 6 heteroatoms. The Kier molecular flexibility index (Phi) is 4.32. The number of rotatable bonds is 3. The van der Waals surface area contributed by atoms with Gasteiger partial charge in [0.1, 0.15) is 0 Å². The lowest BCUT2D eigenvalue weighted by atomic mass is 9.91. The normalized spacial score (nSPS) is 15.7. The van der Waals surface area contributed by atoms with E-state index in [1.807, 2.05) is 47.4 Å². The maximum absolute atomic E-state index is 13.4. The quantitative estimate of drug-likeness (QED) is 0.396. The number of fused-ring (bicyclic) bond motifs is 3. The van der Waals surface area contributed by atoms with E-state index < -0.39 is 11.0 Å². The van der Waals surface area contributed by atoms with Crippen LogP contribution in [-0.4, -0.2) is 27.3 Å². The largest absolute Gasteiger partial charge is 0.356 e. The van der Waals surface area contributed by atoms with Crippen LogP contribution in [0, 0.1) is 10.1 Å². The highest BCUT2D eigenvalue weighted by Crippen LogP contribution is 2.39. The smallest absolute Gasteiger partial charge is 0.269 e. The molecule has 148 valence electrons. The Bertz CT molecular complexity index is 1260. The second-order valence-electron chi connectivity index (χ2n) is 7.43. The van der Waals surface area contributed by atoms with Crippen LogP contribution in [-0.2, 0) is 6.42 Å². The molecule has 6 nitrogen and oxygen atoms in total. The number of hydrogen-bond donors (Lipinski definition) is 1. The number of nitro benzene ring substituents is 1. The van der Waals surface area contributed by atoms with Crippen LogP contribution >= 0.6 is 0 Å². The molecule has 1 aromatic heterocycles. The third-order valence-electron chi connectivity index (χ3n) is 5.71. The number of benzene rings is 3. The third kappa shape index (κ3) is 2.93. The molecule has 1 N–H and O–H groups in total. The fourth-order valence-corrected chi connectivity index (χ4v) is 4.36. The average Bonchev–Trinajstić information content (AvgIpc) is 3.17. The summed E-state index contributed by atoms with van der Waals surface area (Å²) in [6, 6.07) is 23.4. The Morgan fingerprint density at radius 3 is 2.57 bits per heavy atom. The summed E-state index contributed by atoms with van der Waals surface area (Å²) in [4.78, 5) is 29.7. The van der Waals surface area contributed by atoms with Gasteiger partial charge in [-0.3, -0.25) is 14.9 Å². The van der Waals surface area contributed by atoms with Crippen LogP contribution in [0.15, 0.2) is 78.9 Å². The van der Waals surface area contributed by atoms with Gasteiger partial charge >= 0.3 is 0 Å². The molecule has 0 bridgehead atoms. The Labute approximate surface area is 172 Å². The summed E-state index contributed by atoms with van der Waals surface area (Å²) < 4.78 is 0. The Hall–Kier alpha value is -3.93. The first-order chi connectivity index (χ1) is 14.6. The highest BCUT2D eigenvalue weighted by Gasteiger charge is 2.35. The van der Waals surface area contributed by atoms with E-state index in [-0.39, 0.29) is 11.6 Å². The molecule has 1 aliphatic rings. The first kappa shape index (κ1) is 18.1. The van der Waals surface area contributed by atoms with Crippen LogP contribution in [0.2, 0.25) is 0 Å². The van der Waals surface area contributed by atoms with E-state index in [9.17, 15) is 14.9 Å². The average molecular weight is 397 g/mol. The van der Waals surface area contributed by atoms with Crippen molar-refractivity contribution in [1.82, 2.24) is 9.88 Å². The Morgan fingerprint density at radius 1 is 1.00 bits per heavy atom. The second-order valence-corrected chi connectivity index (χ2v) is 7.43. The molecular weight excluding hydrogens is 378 g/mol. The molecule has 1 atom stereocenters. The standard InChI is InChI=1S/C24H19N3O3/c28-24(16-7-2-1-3-8-16)26-14-13-20-19-11-4-5-12-21(19)25-22(20)23(26)17-9-6-10-18(15-17)27(29)30/h1-12,15,23,25H,13-14H2. The minimum atomic E-state index is -0.422. The van der Waals surface area contributed by atoms with Gasteiger partial charge in [-0.25, -0.2) is 0 Å². The number of nitrogens with zero attached hydrogens (tertiary/aromatic N) is 2. The molecule has 0 saturated carbocycles. The number of carbonyl (C=O) groups is 1. The van der Waals surface area contributed by atoms with Gasteiger partial charge in [-0.1, -0.05) is 48.5 Å². The third-order valence-corrected chi connectivity index (χ3v) is 5.71. The van der Waals surface area contributed by atoms with Gasteiger partial charge in [-0.05, 0) is 35.7 Å². The number of carbonyl (C=O) groups excluding carboxylic acids is 1. The fraction of sp³-hybridized carbons (Fsp3) is 0.125. The summed E-state index contributed by atoms with van der Waals surface area (Å²) in [5, 5.41) is 12.5. The minimum Gasteiger partial charge on any atom is -0.356 e. The number of H-pyrrole nitrogens is 1. The topological polar surface area (TPSA) is 79.2 Å². The molecule has 0 radical (unpaired) electrons. The van der Waals surface area contributed by atoms with Crippen LogP contribution in [0.1, 0.15) is 33.2 Å². The SMILES string of the molecule is O=C(c1ccccc1)N1CCc2c([nH]c3ccccc23)C1c1cccc([N+](=O)[O-])c1. The Morgan fingerprint density at radius 2 is 1.77 bits per heavy atom. The van der Waals surface area contributed by atoms with Gasteiger partial charge in [0.25, 0.3) is 11.6 Å². The Balaban J connectivity index is 1.69. The van der Waals surface area contributed by atoms with Gasteiger partial charge in [0.2, 0.25) is 0 Å². The zero-order valence-corrected chi connectivity index (χ0v) is 16.1. The molecule has 30 heavy (non-hydrogen) atoms. The lowest BCUT2D eigenvalue weighted by Gasteiger charge is -2.36. The molecule has 2 heterocycles. The van der Waals surface area contributed by atoms with E-state index in [0.717, 1.165) is 28.6 Å². The first-order valence-electron chi connectivity index (χ1n) is 9.83. The summed E-state index contributed by atoms with van der Waals surface area (Å²) in [7, 11) is 0. The molecule has 4 aromatic rings. The monoisotopic (exact) mass is 397 g/mol. The van der Waals surface area contributed by atoms with Gasteiger partial charge in [0.05, 0.1) is 11.0 Å². The van der Waals surface area contributed by atoms with Gasteiger partial charge in [-0.15, -0.1) is 0 Å². The van der Waals surface area contributed by atoms with Crippen molar-refractivity contribution in [3.8, 4) is 0 Å². The van der Waals surface area contributed by atoms with Gasteiger partial charge < -0.3 is 9.88 Å². The van der Waals surface area contributed by atoms with Crippen molar-refractivity contribution in [3.63, 3.8) is 0 Å². The van der Waals surface area contributed by atoms with Crippen molar-refractivity contribution in [1.29, 1.82) is 0 Å². The highest BCUT2D eigenvalue weighted by atomic mass is 16.6.